The Morgan fingerprint density at radius 1 is 1.11 bits per heavy atom. The maximum atomic E-state index is 13.3. The Hall–Kier alpha value is -2.20. The summed E-state index contributed by atoms with van der Waals surface area (Å²) in [6, 6.07) is -3.60. The molecule has 0 aromatic heterocycles. The van der Waals surface area contributed by atoms with Crippen molar-refractivity contribution in [2.45, 2.75) is 117 Å². The third kappa shape index (κ3) is 8.44. The van der Waals surface area contributed by atoms with Gasteiger partial charge in [-0.15, -0.1) is 0 Å². The second kappa shape index (κ2) is 15.3. The molecule has 2 unspecified atom stereocenters. The average Bonchev–Trinajstić information content (AvgIpc) is 2.96. The second-order valence-corrected chi connectivity index (χ2v) is 13.0. The molecule has 1 saturated heterocycles. The Labute approximate surface area is 267 Å². The van der Waals surface area contributed by atoms with Crippen molar-refractivity contribution in [2.75, 3.05) is 33.4 Å². The number of rotatable bonds is 13. The number of amides is 1. The first-order valence-corrected chi connectivity index (χ1v) is 15.7. The number of hydrogen-bond acceptors (Lipinski definition) is 15. The number of nitrogens with one attached hydrogen (secondary N) is 5. The standard InChI is InChI=1S/C28H52N8O10/c1-27(41)12-43-24(19(39)22(27)33-2)46-21-17(36-25(40)28(42)9-13(10-28)35-26(31)32)8-16(30)20(18(21)38)45-23-15(29)5-4-14(44-23)11-34-6-3-7-37/h4,13,15-24,33-34,37-39,41-42H,3,5-12,29-30H2,1-2H3,(H,36,40)(H4,31,32,35)/t13?,15-,16+,17-,18+,19-,20?,21+,22-,23?,24-,27+,28?/m1/s1. The molecule has 3 fully saturated rings. The number of carbonyl (C=O) groups is 1. The Bertz CT molecular complexity index is 1080. The molecule has 2 heterocycles. The summed E-state index contributed by atoms with van der Waals surface area (Å²) >= 11 is 0. The SMILES string of the molecule is CN[C@@H]1[C@@H](O)[C@@H](O[C@H]2[C@H](NC(=O)C3(O)CC(NC(=N)N)C3)C[C@H](N)C(OC3OC(CNCCCO)=CC[C@H]3N)[C@@H]2O)OC[C@]1(C)O. The summed E-state index contributed by atoms with van der Waals surface area (Å²) in [6.45, 7) is 2.32. The molecule has 18 heteroatoms. The van der Waals surface area contributed by atoms with Crippen molar-refractivity contribution < 1.29 is 49.3 Å². The van der Waals surface area contributed by atoms with Crippen LogP contribution in [0.5, 0.6) is 0 Å². The average molecular weight is 661 g/mol. The molecule has 0 spiro atoms. The van der Waals surface area contributed by atoms with Crippen molar-refractivity contribution in [3.05, 3.63) is 11.8 Å². The van der Waals surface area contributed by atoms with E-state index in [2.05, 4.69) is 21.3 Å². The summed E-state index contributed by atoms with van der Waals surface area (Å²) in [5.41, 5.74) is 15.0. The fraction of sp³-hybridized carbons (Fsp3) is 0.857. The summed E-state index contributed by atoms with van der Waals surface area (Å²) < 4.78 is 24.0. The monoisotopic (exact) mass is 660 g/mol. The molecule has 46 heavy (non-hydrogen) atoms. The number of carbonyl (C=O) groups excluding carboxylic acids is 1. The number of hydrogen-bond donors (Lipinski definition) is 13. The zero-order valence-electron chi connectivity index (χ0n) is 26.3. The van der Waals surface area contributed by atoms with Gasteiger partial charge in [-0.2, -0.15) is 0 Å². The number of aliphatic hydroxyl groups excluding tert-OH is 3. The lowest BCUT2D eigenvalue weighted by Gasteiger charge is -2.49. The van der Waals surface area contributed by atoms with Gasteiger partial charge in [-0.3, -0.25) is 10.2 Å². The minimum atomic E-state index is -1.76. The smallest absolute Gasteiger partial charge is 0.252 e. The molecular weight excluding hydrogens is 608 g/mol. The van der Waals surface area contributed by atoms with Crippen LogP contribution in [0.15, 0.2) is 11.8 Å². The summed E-state index contributed by atoms with van der Waals surface area (Å²) in [6.07, 6.45) is -4.61. The normalized spacial score (nSPS) is 42.7. The van der Waals surface area contributed by atoms with E-state index in [1.807, 2.05) is 6.08 Å². The van der Waals surface area contributed by atoms with Gasteiger partial charge in [-0.25, -0.2) is 0 Å². The van der Waals surface area contributed by atoms with Crippen LogP contribution in [0.2, 0.25) is 0 Å². The highest BCUT2D eigenvalue weighted by molar-refractivity contribution is 5.87. The Morgan fingerprint density at radius 2 is 1.80 bits per heavy atom. The number of guanidine groups is 1. The van der Waals surface area contributed by atoms with Crippen LogP contribution in [0.25, 0.3) is 0 Å². The van der Waals surface area contributed by atoms with Crippen molar-refractivity contribution in [2.24, 2.45) is 17.2 Å². The molecule has 11 atom stereocenters. The minimum Gasteiger partial charge on any atom is -0.467 e. The number of ether oxygens (including phenoxy) is 4. The molecule has 1 amide bonds. The van der Waals surface area contributed by atoms with Gasteiger partial charge in [0.15, 0.2) is 12.2 Å². The van der Waals surface area contributed by atoms with Gasteiger partial charge in [0.1, 0.15) is 41.4 Å². The lowest BCUT2D eigenvalue weighted by molar-refractivity contribution is -0.304. The molecule has 16 N–H and O–H groups in total. The van der Waals surface area contributed by atoms with Crippen LogP contribution in [-0.2, 0) is 23.7 Å². The van der Waals surface area contributed by atoms with Gasteiger partial charge < -0.3 is 82.9 Å². The summed E-state index contributed by atoms with van der Waals surface area (Å²) in [5, 5.41) is 72.2. The maximum Gasteiger partial charge on any atom is 0.252 e. The van der Waals surface area contributed by atoms with Gasteiger partial charge in [0.2, 0.25) is 6.29 Å². The zero-order valence-corrected chi connectivity index (χ0v) is 26.3. The van der Waals surface area contributed by atoms with E-state index >= 15 is 0 Å². The molecule has 4 aliphatic rings. The predicted octanol–water partition coefficient (Wildman–Crippen LogP) is -5.30. The van der Waals surface area contributed by atoms with Crippen LogP contribution in [0, 0.1) is 5.41 Å². The summed E-state index contributed by atoms with van der Waals surface area (Å²) in [7, 11) is 1.57. The maximum absolute atomic E-state index is 13.3. The van der Waals surface area contributed by atoms with Crippen molar-refractivity contribution >= 4 is 11.9 Å². The van der Waals surface area contributed by atoms with E-state index in [0.29, 0.717) is 31.7 Å². The minimum absolute atomic E-state index is 0.00198. The van der Waals surface area contributed by atoms with Gasteiger partial charge >= 0.3 is 0 Å². The Kier molecular flexibility index (Phi) is 12.2. The van der Waals surface area contributed by atoms with Gasteiger partial charge in [-0.1, -0.05) is 0 Å². The largest absolute Gasteiger partial charge is 0.467 e. The second-order valence-electron chi connectivity index (χ2n) is 13.0. The number of aliphatic hydroxyl groups is 5. The lowest BCUT2D eigenvalue weighted by Crippen LogP contribution is -2.71. The first kappa shape index (κ1) is 36.6. The van der Waals surface area contributed by atoms with E-state index in [9.17, 15) is 25.2 Å². The highest BCUT2D eigenvalue weighted by Crippen LogP contribution is 2.35. The molecule has 0 bridgehead atoms. The van der Waals surface area contributed by atoms with Gasteiger partial charge in [-0.05, 0) is 45.9 Å². The van der Waals surface area contributed by atoms with E-state index in [0.717, 1.165) is 0 Å². The van der Waals surface area contributed by atoms with E-state index < -0.39 is 78.3 Å². The predicted molar refractivity (Wildman–Crippen MR) is 163 cm³/mol. The van der Waals surface area contributed by atoms with Crippen molar-refractivity contribution in [1.82, 2.24) is 21.3 Å². The molecule has 264 valence electrons. The van der Waals surface area contributed by atoms with Crippen molar-refractivity contribution in [1.29, 1.82) is 5.41 Å². The lowest BCUT2D eigenvalue weighted by atomic mass is 9.74. The first-order chi connectivity index (χ1) is 21.7. The molecule has 18 nitrogen and oxygen atoms in total. The van der Waals surface area contributed by atoms with Gasteiger partial charge in [0.25, 0.3) is 5.91 Å². The topological polar surface area (TPSA) is 305 Å². The summed E-state index contributed by atoms with van der Waals surface area (Å²) in [5.74, 6) is -0.425. The van der Waals surface area contributed by atoms with Crippen molar-refractivity contribution in [3.8, 4) is 0 Å². The number of likely N-dealkylation sites (N-methyl/N-ethyl adjacent to an activating group) is 1. The van der Waals surface area contributed by atoms with Gasteiger partial charge in [0, 0.05) is 31.5 Å². The summed E-state index contributed by atoms with van der Waals surface area (Å²) in [4.78, 5) is 13.3. The quantitative estimate of drug-likeness (QED) is 0.0498. The van der Waals surface area contributed by atoms with Crippen LogP contribution in [-0.4, -0.2) is 149 Å². The zero-order chi connectivity index (χ0) is 33.8. The number of nitrogens with two attached hydrogens (primary N) is 3. The highest BCUT2D eigenvalue weighted by atomic mass is 16.7. The Morgan fingerprint density at radius 3 is 2.46 bits per heavy atom. The van der Waals surface area contributed by atoms with Crippen molar-refractivity contribution in [3.63, 3.8) is 0 Å². The van der Waals surface area contributed by atoms with E-state index in [-0.39, 0.29) is 44.5 Å². The fourth-order valence-electron chi connectivity index (χ4n) is 6.50. The first-order valence-electron chi connectivity index (χ1n) is 15.7. The molecule has 0 aromatic rings. The molecule has 2 aliphatic carbocycles. The van der Waals surface area contributed by atoms with Gasteiger partial charge in [0.05, 0.1) is 31.3 Å². The molecule has 2 saturated carbocycles. The third-order valence-corrected chi connectivity index (χ3v) is 9.05. The van der Waals surface area contributed by atoms with Crippen LogP contribution < -0.4 is 38.5 Å². The van der Waals surface area contributed by atoms with E-state index in [4.69, 9.17) is 46.7 Å². The van der Waals surface area contributed by atoms with Crippen LogP contribution in [0.4, 0.5) is 0 Å². The van der Waals surface area contributed by atoms with Crippen LogP contribution in [0.1, 0.15) is 39.0 Å². The van der Waals surface area contributed by atoms with Crippen LogP contribution >= 0.6 is 0 Å². The van der Waals surface area contributed by atoms with E-state index in [1.54, 1.807) is 7.05 Å². The van der Waals surface area contributed by atoms with E-state index in [1.165, 1.54) is 6.92 Å². The molecular formula is C28H52N8O10. The molecule has 4 rings (SSSR count). The third-order valence-electron chi connectivity index (χ3n) is 9.05. The van der Waals surface area contributed by atoms with Crippen LogP contribution in [0.3, 0.4) is 0 Å². The molecule has 2 aliphatic heterocycles. The highest BCUT2D eigenvalue weighted by Gasteiger charge is 2.54. The fourth-order valence-corrected chi connectivity index (χ4v) is 6.50. The molecule has 0 radical (unpaired) electrons. The Balaban J connectivity index is 1.49. The molecule has 0 aromatic carbocycles.